The Balaban J connectivity index is 1.71. The number of benzene rings is 1. The molecule has 1 aromatic carbocycles. The van der Waals surface area contributed by atoms with Crippen LogP contribution in [0.2, 0.25) is 0 Å². The highest BCUT2D eigenvalue weighted by molar-refractivity contribution is 8.18. The maximum atomic E-state index is 12.4. The molecule has 2 fully saturated rings. The van der Waals surface area contributed by atoms with Crippen LogP contribution in [0.3, 0.4) is 0 Å². The van der Waals surface area contributed by atoms with Crippen molar-refractivity contribution in [2.24, 2.45) is 0 Å². The predicted octanol–water partition coefficient (Wildman–Crippen LogP) is 0.595. The Morgan fingerprint density at radius 1 is 1.19 bits per heavy atom. The van der Waals surface area contributed by atoms with Gasteiger partial charge in [0.15, 0.2) is 6.67 Å². The lowest BCUT2D eigenvalue weighted by Gasteiger charge is -2.26. The predicted molar refractivity (Wildman–Crippen MR) is 80.6 cm³/mol. The zero-order chi connectivity index (χ0) is 14.7. The van der Waals surface area contributed by atoms with Gasteiger partial charge < -0.3 is 9.64 Å². The van der Waals surface area contributed by atoms with Crippen molar-refractivity contribution in [2.45, 2.75) is 0 Å². The van der Waals surface area contributed by atoms with E-state index in [1.54, 1.807) is 6.08 Å². The van der Waals surface area contributed by atoms with E-state index in [-0.39, 0.29) is 11.1 Å². The van der Waals surface area contributed by atoms with Gasteiger partial charge >= 0.3 is 0 Å². The Labute approximate surface area is 127 Å². The first kappa shape index (κ1) is 14.3. The smallest absolute Gasteiger partial charge is 0.298 e. The molecule has 2 amide bonds. The summed E-state index contributed by atoms with van der Waals surface area (Å²) in [5, 5.41) is -0.179. The summed E-state index contributed by atoms with van der Waals surface area (Å²) in [4.78, 5) is 27.5. The molecule has 5 nitrogen and oxygen atoms in total. The van der Waals surface area contributed by atoms with Crippen LogP contribution in [0.25, 0.3) is 6.08 Å². The van der Waals surface area contributed by atoms with Gasteiger partial charge in [-0.3, -0.25) is 9.59 Å². The number of hydrogen-bond donors (Lipinski definition) is 1. The van der Waals surface area contributed by atoms with Crippen molar-refractivity contribution in [2.75, 3.05) is 33.0 Å². The molecule has 1 N–H and O–H groups in total. The highest BCUT2D eigenvalue weighted by atomic mass is 32.2. The molecule has 0 spiro atoms. The minimum absolute atomic E-state index is 0.179. The number of thioether (sulfide) groups is 1. The third-order valence-electron chi connectivity index (χ3n) is 3.55. The molecular formula is C15H17N2O3S+. The van der Waals surface area contributed by atoms with Gasteiger partial charge in [-0.25, -0.2) is 4.90 Å². The van der Waals surface area contributed by atoms with Crippen LogP contribution in [0.5, 0.6) is 0 Å². The maximum absolute atomic E-state index is 12.4. The summed E-state index contributed by atoms with van der Waals surface area (Å²) in [6, 6.07) is 9.58. The van der Waals surface area contributed by atoms with Crippen LogP contribution in [0.1, 0.15) is 5.56 Å². The van der Waals surface area contributed by atoms with E-state index in [2.05, 4.69) is 0 Å². The van der Waals surface area contributed by atoms with E-state index in [0.717, 1.165) is 30.4 Å². The van der Waals surface area contributed by atoms with Gasteiger partial charge in [0.2, 0.25) is 0 Å². The van der Waals surface area contributed by atoms with Crippen molar-refractivity contribution >= 4 is 29.0 Å². The van der Waals surface area contributed by atoms with Gasteiger partial charge in [0.25, 0.3) is 11.1 Å². The zero-order valence-electron chi connectivity index (χ0n) is 11.6. The number of hydrogen-bond acceptors (Lipinski definition) is 4. The maximum Gasteiger partial charge on any atom is 0.298 e. The largest absolute Gasteiger partial charge is 0.370 e. The Morgan fingerprint density at radius 2 is 1.90 bits per heavy atom. The molecule has 0 unspecified atom stereocenters. The fourth-order valence-electron chi connectivity index (χ4n) is 2.38. The summed E-state index contributed by atoms with van der Waals surface area (Å²) in [6.07, 6.45) is 1.78. The van der Waals surface area contributed by atoms with Crippen LogP contribution in [0.4, 0.5) is 4.79 Å². The highest BCUT2D eigenvalue weighted by Crippen LogP contribution is 2.31. The lowest BCUT2D eigenvalue weighted by atomic mass is 10.2. The summed E-state index contributed by atoms with van der Waals surface area (Å²) < 4.78 is 5.29. The molecule has 2 saturated heterocycles. The van der Waals surface area contributed by atoms with Crippen LogP contribution in [0, 0.1) is 0 Å². The van der Waals surface area contributed by atoms with Gasteiger partial charge in [0, 0.05) is 0 Å². The second kappa shape index (κ2) is 6.43. The monoisotopic (exact) mass is 305 g/mol. The lowest BCUT2D eigenvalue weighted by molar-refractivity contribution is -0.915. The van der Waals surface area contributed by atoms with Crippen LogP contribution in [-0.2, 0) is 9.53 Å². The summed E-state index contributed by atoms with van der Waals surface area (Å²) in [7, 11) is 0. The van der Waals surface area contributed by atoms with Crippen LogP contribution in [0.15, 0.2) is 35.2 Å². The highest BCUT2D eigenvalue weighted by Gasteiger charge is 2.37. The fraction of sp³-hybridized carbons (Fsp3) is 0.333. The average Bonchev–Trinajstić information content (AvgIpc) is 2.77. The number of rotatable bonds is 3. The van der Waals surface area contributed by atoms with Crippen molar-refractivity contribution < 1.29 is 19.2 Å². The van der Waals surface area contributed by atoms with Gasteiger partial charge in [-0.1, -0.05) is 30.3 Å². The summed E-state index contributed by atoms with van der Waals surface area (Å²) in [5.74, 6) is -0.187. The molecule has 6 heteroatoms. The number of amides is 2. The summed E-state index contributed by atoms with van der Waals surface area (Å²) in [5.41, 5.74) is 0.932. The molecule has 0 atom stereocenters. The van der Waals surface area contributed by atoms with Crippen molar-refractivity contribution in [3.8, 4) is 0 Å². The topological polar surface area (TPSA) is 51.0 Å². The van der Waals surface area contributed by atoms with Gasteiger partial charge in [-0.05, 0) is 23.4 Å². The number of carbonyl (C=O) groups is 2. The number of imide groups is 1. The van der Waals surface area contributed by atoms with E-state index in [9.17, 15) is 9.59 Å². The molecule has 21 heavy (non-hydrogen) atoms. The van der Waals surface area contributed by atoms with Crippen molar-refractivity contribution in [3.63, 3.8) is 0 Å². The third kappa shape index (κ3) is 3.34. The number of nitrogens with one attached hydrogen (secondary N) is 1. The molecule has 3 rings (SSSR count). The number of morpholine rings is 1. The van der Waals surface area contributed by atoms with Crippen LogP contribution < -0.4 is 4.90 Å². The van der Waals surface area contributed by atoms with E-state index in [1.807, 2.05) is 30.3 Å². The molecule has 2 aliphatic rings. The van der Waals surface area contributed by atoms with E-state index < -0.39 is 0 Å². The minimum Gasteiger partial charge on any atom is -0.370 e. The molecule has 110 valence electrons. The second-order valence-corrected chi connectivity index (χ2v) is 6.03. The zero-order valence-corrected chi connectivity index (χ0v) is 12.4. The molecule has 2 heterocycles. The number of ether oxygens (including phenoxy) is 1. The first-order chi connectivity index (χ1) is 10.2. The summed E-state index contributed by atoms with van der Waals surface area (Å²) in [6.45, 7) is 3.47. The number of nitrogens with zero attached hydrogens (tertiary/aromatic N) is 1. The quantitative estimate of drug-likeness (QED) is 0.831. The number of quaternary nitrogens is 1. The molecule has 0 saturated carbocycles. The molecule has 0 bridgehead atoms. The fourth-order valence-corrected chi connectivity index (χ4v) is 3.22. The molecule has 0 radical (unpaired) electrons. The van der Waals surface area contributed by atoms with Crippen molar-refractivity contribution in [1.29, 1.82) is 0 Å². The summed E-state index contributed by atoms with van der Waals surface area (Å²) >= 11 is 1.02. The van der Waals surface area contributed by atoms with Crippen molar-refractivity contribution in [1.82, 2.24) is 4.90 Å². The normalized spacial score (nSPS) is 22.3. The average molecular weight is 305 g/mol. The van der Waals surface area contributed by atoms with Crippen molar-refractivity contribution in [3.05, 3.63) is 40.8 Å². The van der Waals surface area contributed by atoms with Crippen LogP contribution >= 0.6 is 11.8 Å². The Kier molecular flexibility index (Phi) is 4.38. The van der Waals surface area contributed by atoms with Gasteiger partial charge in [-0.15, -0.1) is 0 Å². The second-order valence-electron chi connectivity index (χ2n) is 5.04. The molecular weight excluding hydrogens is 288 g/mol. The Morgan fingerprint density at radius 3 is 2.62 bits per heavy atom. The molecule has 0 aliphatic carbocycles. The van der Waals surface area contributed by atoms with E-state index in [4.69, 9.17) is 4.74 Å². The molecule has 1 aromatic rings. The Bertz CT molecular complexity index is 568. The standard InChI is InChI=1S/C15H16N2O3S/c18-14-13(10-12-4-2-1-3-5-12)21-15(19)17(14)11-16-6-8-20-9-7-16/h1-5,10H,6-9,11H2/p+1/b13-10-. The van der Waals surface area contributed by atoms with E-state index >= 15 is 0 Å². The Hall–Kier alpha value is -1.63. The third-order valence-corrected chi connectivity index (χ3v) is 4.46. The first-order valence-electron chi connectivity index (χ1n) is 6.96. The first-order valence-corrected chi connectivity index (χ1v) is 7.77. The lowest BCUT2D eigenvalue weighted by Crippen LogP contribution is -3.15. The molecule has 2 aliphatic heterocycles. The van der Waals surface area contributed by atoms with E-state index in [0.29, 0.717) is 24.8 Å². The van der Waals surface area contributed by atoms with Gasteiger partial charge in [-0.2, -0.15) is 0 Å². The molecule has 0 aromatic heterocycles. The van der Waals surface area contributed by atoms with Gasteiger partial charge in [0.1, 0.15) is 13.1 Å². The number of carbonyl (C=O) groups excluding carboxylic acids is 2. The van der Waals surface area contributed by atoms with Gasteiger partial charge in [0.05, 0.1) is 18.1 Å². The van der Waals surface area contributed by atoms with Crippen LogP contribution in [-0.4, -0.2) is 49.0 Å². The minimum atomic E-state index is -0.187. The van der Waals surface area contributed by atoms with E-state index in [1.165, 1.54) is 9.80 Å². The SMILES string of the molecule is O=C1S/C(=C\c2ccccc2)C(=O)N1C[NH+]1CCOCC1.